The fourth-order valence-corrected chi connectivity index (χ4v) is 2.80. The van der Waals surface area contributed by atoms with Gasteiger partial charge in [0, 0.05) is 10.8 Å². The lowest BCUT2D eigenvalue weighted by Gasteiger charge is -2.00. The van der Waals surface area contributed by atoms with Gasteiger partial charge in [-0.3, -0.25) is 0 Å². The van der Waals surface area contributed by atoms with Crippen LogP contribution in [0, 0.1) is 6.92 Å². The highest BCUT2D eigenvalue weighted by atomic mass is 15.3. The van der Waals surface area contributed by atoms with E-state index < -0.39 is 0 Å². The molecule has 0 aliphatic heterocycles. The summed E-state index contributed by atoms with van der Waals surface area (Å²) in [6.07, 6.45) is 1.92. The summed E-state index contributed by atoms with van der Waals surface area (Å²) in [5.74, 6) is 0. The number of rotatable bonds is 2. The summed E-state index contributed by atoms with van der Waals surface area (Å²) in [5.41, 5.74) is 4.63. The van der Waals surface area contributed by atoms with Crippen molar-refractivity contribution in [3.05, 3.63) is 83.9 Å². The first-order valence-electron chi connectivity index (χ1n) is 7.42. The van der Waals surface area contributed by atoms with Gasteiger partial charge < -0.3 is 0 Å². The molecule has 1 heterocycles. The van der Waals surface area contributed by atoms with Crippen LogP contribution in [0.15, 0.2) is 77.9 Å². The van der Waals surface area contributed by atoms with E-state index in [1.54, 1.807) is 0 Å². The Kier molecular flexibility index (Phi) is 3.01. The molecular formula is C20H16N2. The summed E-state index contributed by atoms with van der Waals surface area (Å²) in [5, 5.41) is 7.18. The number of nitrogens with zero attached hydrogens (tertiary/aromatic N) is 2. The van der Waals surface area contributed by atoms with Gasteiger partial charge in [0.2, 0.25) is 0 Å². The van der Waals surface area contributed by atoms with Crippen LogP contribution in [0.3, 0.4) is 0 Å². The molecule has 0 N–H and O–H groups in total. The average molecular weight is 284 g/mol. The van der Waals surface area contributed by atoms with Crippen LogP contribution < -0.4 is 0 Å². The van der Waals surface area contributed by atoms with Crippen molar-refractivity contribution in [1.82, 2.24) is 4.68 Å². The normalized spacial score (nSPS) is 11.7. The largest absolute Gasteiger partial charge is 0.232 e. The van der Waals surface area contributed by atoms with E-state index in [9.17, 15) is 0 Å². The number of hydrogen-bond donors (Lipinski definition) is 0. The summed E-state index contributed by atoms with van der Waals surface area (Å²) >= 11 is 0. The highest BCUT2D eigenvalue weighted by Crippen LogP contribution is 2.28. The molecule has 0 unspecified atom stereocenters. The summed E-state index contributed by atoms with van der Waals surface area (Å²) in [7, 11) is 0. The van der Waals surface area contributed by atoms with E-state index in [1.807, 2.05) is 10.9 Å². The molecule has 0 fully saturated rings. The number of aryl methyl sites for hydroxylation is 1. The van der Waals surface area contributed by atoms with Gasteiger partial charge in [-0.1, -0.05) is 66.2 Å². The topological polar surface area (TPSA) is 17.3 Å². The zero-order chi connectivity index (χ0) is 14.9. The maximum Gasteiger partial charge on any atom is 0.0732 e. The highest BCUT2D eigenvalue weighted by Gasteiger charge is 2.08. The molecule has 106 valence electrons. The Morgan fingerprint density at radius 3 is 1.86 bits per heavy atom. The second kappa shape index (κ2) is 5.15. The minimum absolute atomic E-state index is 1.10. The third-order valence-corrected chi connectivity index (χ3v) is 3.95. The second-order valence-electron chi connectivity index (χ2n) is 5.50. The Hall–Kier alpha value is -2.87. The molecule has 0 saturated carbocycles. The van der Waals surface area contributed by atoms with Crippen LogP contribution in [0.5, 0.6) is 0 Å². The van der Waals surface area contributed by atoms with Crippen LogP contribution in [0.4, 0.5) is 0 Å². The summed E-state index contributed by atoms with van der Waals surface area (Å²) < 4.78 is 2.02. The quantitative estimate of drug-likeness (QED) is 0.462. The van der Waals surface area contributed by atoms with E-state index in [0.717, 1.165) is 16.6 Å². The van der Waals surface area contributed by atoms with Gasteiger partial charge in [0.15, 0.2) is 0 Å². The van der Waals surface area contributed by atoms with Crippen molar-refractivity contribution in [3.63, 3.8) is 0 Å². The standard InChI is InChI=1S/C20H16N2/c1-15-10-12-16(13-11-15)14-21-22-19-8-4-2-6-17(19)18-7-3-5-9-20(18)22/h2-14H,1H3. The predicted octanol–water partition coefficient (Wildman–Crippen LogP) is 4.99. The van der Waals surface area contributed by atoms with Crippen molar-refractivity contribution in [2.24, 2.45) is 5.10 Å². The van der Waals surface area contributed by atoms with Crippen LogP contribution in [0.25, 0.3) is 21.8 Å². The third kappa shape index (κ3) is 2.09. The monoisotopic (exact) mass is 284 g/mol. The van der Waals surface area contributed by atoms with Gasteiger partial charge in [0.05, 0.1) is 17.2 Å². The molecule has 22 heavy (non-hydrogen) atoms. The molecule has 0 aliphatic carbocycles. The first-order chi connectivity index (χ1) is 10.8. The number of fused-ring (bicyclic) bond motifs is 3. The van der Waals surface area contributed by atoms with E-state index >= 15 is 0 Å². The highest BCUT2D eigenvalue weighted by molar-refractivity contribution is 6.08. The maximum absolute atomic E-state index is 4.71. The number of hydrogen-bond acceptors (Lipinski definition) is 1. The molecule has 3 aromatic carbocycles. The Balaban J connectivity index is 1.91. The number of aromatic nitrogens is 1. The lowest BCUT2D eigenvalue weighted by molar-refractivity contribution is 0.975. The van der Waals surface area contributed by atoms with Crippen LogP contribution in [-0.4, -0.2) is 10.9 Å². The van der Waals surface area contributed by atoms with Gasteiger partial charge in [0.25, 0.3) is 0 Å². The van der Waals surface area contributed by atoms with Crippen molar-refractivity contribution in [3.8, 4) is 0 Å². The van der Waals surface area contributed by atoms with Gasteiger partial charge in [-0.05, 0) is 24.6 Å². The molecule has 0 atom stereocenters. The van der Waals surface area contributed by atoms with Gasteiger partial charge >= 0.3 is 0 Å². The lowest BCUT2D eigenvalue weighted by Crippen LogP contribution is -1.90. The molecule has 0 radical (unpaired) electrons. The van der Waals surface area contributed by atoms with Gasteiger partial charge in [-0.25, -0.2) is 4.68 Å². The number of benzene rings is 3. The Bertz CT molecular complexity index is 922. The lowest BCUT2D eigenvalue weighted by atomic mass is 10.2. The zero-order valence-corrected chi connectivity index (χ0v) is 12.4. The molecule has 4 rings (SSSR count). The molecular weight excluding hydrogens is 268 g/mol. The van der Waals surface area contributed by atoms with Crippen molar-refractivity contribution in [2.75, 3.05) is 0 Å². The molecule has 1 aromatic heterocycles. The summed E-state index contributed by atoms with van der Waals surface area (Å²) in [4.78, 5) is 0. The SMILES string of the molecule is Cc1ccc(C=Nn2c3ccccc3c3ccccc32)cc1. The molecule has 0 bridgehead atoms. The predicted molar refractivity (Wildman–Crippen MR) is 93.6 cm³/mol. The van der Waals surface area contributed by atoms with Gasteiger partial charge in [-0.2, -0.15) is 5.10 Å². The fraction of sp³-hybridized carbons (Fsp3) is 0.0500. The fourth-order valence-electron chi connectivity index (χ4n) is 2.80. The molecule has 0 amide bonds. The van der Waals surface area contributed by atoms with Gasteiger partial charge in [0.1, 0.15) is 0 Å². The first kappa shape index (κ1) is 12.8. The second-order valence-corrected chi connectivity index (χ2v) is 5.50. The molecule has 4 aromatic rings. The van der Waals surface area contributed by atoms with Crippen LogP contribution in [-0.2, 0) is 0 Å². The molecule has 2 heteroatoms. The third-order valence-electron chi connectivity index (χ3n) is 3.95. The molecule has 0 aliphatic rings. The van der Waals surface area contributed by atoms with Crippen LogP contribution in [0.1, 0.15) is 11.1 Å². The van der Waals surface area contributed by atoms with E-state index in [1.165, 1.54) is 16.3 Å². The van der Waals surface area contributed by atoms with E-state index in [0.29, 0.717) is 0 Å². The van der Waals surface area contributed by atoms with Gasteiger partial charge in [-0.15, -0.1) is 0 Å². The molecule has 2 nitrogen and oxygen atoms in total. The minimum Gasteiger partial charge on any atom is -0.232 e. The molecule has 0 spiro atoms. The first-order valence-corrected chi connectivity index (χ1v) is 7.42. The summed E-state index contributed by atoms with van der Waals surface area (Å²) in [6.45, 7) is 2.09. The average Bonchev–Trinajstić information content (AvgIpc) is 2.89. The van der Waals surface area contributed by atoms with Crippen LogP contribution >= 0.6 is 0 Å². The van der Waals surface area contributed by atoms with Crippen molar-refractivity contribution >= 4 is 28.0 Å². The zero-order valence-electron chi connectivity index (χ0n) is 12.4. The summed E-state index contributed by atoms with van der Waals surface area (Å²) in [6, 6.07) is 25.2. The Morgan fingerprint density at radius 1 is 0.727 bits per heavy atom. The van der Waals surface area contributed by atoms with E-state index in [4.69, 9.17) is 5.10 Å². The van der Waals surface area contributed by atoms with E-state index in [-0.39, 0.29) is 0 Å². The van der Waals surface area contributed by atoms with Crippen LogP contribution in [0.2, 0.25) is 0 Å². The van der Waals surface area contributed by atoms with E-state index in [2.05, 4.69) is 79.7 Å². The smallest absolute Gasteiger partial charge is 0.0732 e. The van der Waals surface area contributed by atoms with Crippen molar-refractivity contribution < 1.29 is 0 Å². The minimum atomic E-state index is 1.10. The van der Waals surface area contributed by atoms with Crippen molar-refractivity contribution in [2.45, 2.75) is 6.92 Å². The Morgan fingerprint density at radius 2 is 1.27 bits per heavy atom. The Labute approximate surface area is 129 Å². The molecule has 0 saturated heterocycles. The number of para-hydroxylation sites is 2. The van der Waals surface area contributed by atoms with Crippen molar-refractivity contribution in [1.29, 1.82) is 0 Å². The maximum atomic E-state index is 4.71.